The monoisotopic (exact) mass is 201 g/mol. The van der Waals surface area contributed by atoms with Crippen molar-refractivity contribution in [2.24, 2.45) is 0 Å². The van der Waals surface area contributed by atoms with E-state index in [1.165, 1.54) is 13.5 Å². The van der Waals surface area contributed by atoms with E-state index in [9.17, 15) is 4.79 Å². The van der Waals surface area contributed by atoms with E-state index in [4.69, 9.17) is 4.74 Å². The van der Waals surface area contributed by atoms with Crippen LogP contribution in [0.15, 0.2) is 0 Å². The van der Waals surface area contributed by atoms with Gasteiger partial charge < -0.3 is 10.1 Å². The molecule has 0 aromatic heterocycles. The van der Waals surface area contributed by atoms with Gasteiger partial charge in [-0.3, -0.25) is 4.79 Å². The number of hydrogen-bond acceptors (Lipinski definition) is 3. The summed E-state index contributed by atoms with van der Waals surface area (Å²) in [6, 6.07) is 0. The summed E-state index contributed by atoms with van der Waals surface area (Å²) in [4.78, 5) is 11.5. The molecule has 0 aliphatic carbocycles. The van der Waals surface area contributed by atoms with Crippen LogP contribution in [0.5, 0.6) is 0 Å². The lowest BCUT2D eigenvalue weighted by Crippen LogP contribution is -2.50. The van der Waals surface area contributed by atoms with Crippen molar-refractivity contribution in [2.75, 3.05) is 13.7 Å². The molecule has 1 N–H and O–H groups in total. The van der Waals surface area contributed by atoms with Gasteiger partial charge >= 0.3 is 5.97 Å². The standard InChI is InChI=1S/C11H23NO2/c1-5-7-8-9-11(3,12-6-2)10(13)14-4/h12H,5-9H2,1-4H3. The van der Waals surface area contributed by atoms with Gasteiger partial charge in [-0.2, -0.15) is 0 Å². The number of unbranched alkanes of at least 4 members (excludes halogenated alkanes) is 2. The number of methoxy groups -OCH3 is 1. The molecular weight excluding hydrogens is 178 g/mol. The average Bonchev–Trinajstić information content (AvgIpc) is 2.17. The third-order valence-electron chi connectivity index (χ3n) is 2.48. The number of nitrogens with one attached hydrogen (secondary N) is 1. The highest BCUT2D eigenvalue weighted by Gasteiger charge is 2.32. The molecule has 0 bridgehead atoms. The predicted octanol–water partition coefficient (Wildman–Crippen LogP) is 2.11. The van der Waals surface area contributed by atoms with Crippen molar-refractivity contribution in [2.45, 2.75) is 52.0 Å². The van der Waals surface area contributed by atoms with Gasteiger partial charge in [-0.25, -0.2) is 0 Å². The number of hydrogen-bond donors (Lipinski definition) is 1. The van der Waals surface area contributed by atoms with E-state index in [1.807, 2.05) is 13.8 Å². The van der Waals surface area contributed by atoms with E-state index in [0.29, 0.717) is 0 Å². The Bertz CT molecular complexity index is 171. The topological polar surface area (TPSA) is 38.3 Å². The lowest BCUT2D eigenvalue weighted by atomic mass is 9.94. The van der Waals surface area contributed by atoms with Crippen molar-refractivity contribution in [3.8, 4) is 0 Å². The average molecular weight is 201 g/mol. The largest absolute Gasteiger partial charge is 0.468 e. The highest BCUT2D eigenvalue weighted by molar-refractivity contribution is 5.80. The van der Waals surface area contributed by atoms with Crippen LogP contribution in [-0.4, -0.2) is 25.2 Å². The molecule has 0 aromatic rings. The van der Waals surface area contributed by atoms with Crippen molar-refractivity contribution in [1.29, 1.82) is 0 Å². The molecule has 0 aromatic carbocycles. The molecule has 0 aliphatic rings. The number of ether oxygens (including phenoxy) is 1. The lowest BCUT2D eigenvalue weighted by Gasteiger charge is -2.27. The number of rotatable bonds is 7. The van der Waals surface area contributed by atoms with Crippen molar-refractivity contribution in [1.82, 2.24) is 5.32 Å². The maximum Gasteiger partial charge on any atom is 0.325 e. The Balaban J connectivity index is 4.16. The molecule has 0 radical (unpaired) electrons. The zero-order chi connectivity index (χ0) is 11.0. The zero-order valence-electron chi connectivity index (χ0n) is 9.85. The first-order valence-electron chi connectivity index (χ1n) is 5.44. The van der Waals surface area contributed by atoms with Gasteiger partial charge in [0.25, 0.3) is 0 Å². The summed E-state index contributed by atoms with van der Waals surface area (Å²) in [7, 11) is 1.44. The van der Waals surface area contributed by atoms with Crippen molar-refractivity contribution < 1.29 is 9.53 Å². The first-order valence-corrected chi connectivity index (χ1v) is 5.44. The molecule has 0 spiro atoms. The Kier molecular flexibility index (Phi) is 6.54. The van der Waals surface area contributed by atoms with Crippen LogP contribution in [-0.2, 0) is 9.53 Å². The Labute approximate surface area is 87.2 Å². The molecule has 0 amide bonds. The van der Waals surface area contributed by atoms with E-state index in [-0.39, 0.29) is 5.97 Å². The first-order chi connectivity index (χ1) is 6.60. The molecule has 0 saturated heterocycles. The molecule has 0 rings (SSSR count). The van der Waals surface area contributed by atoms with Crippen LogP contribution in [0.1, 0.15) is 46.5 Å². The van der Waals surface area contributed by atoms with Gasteiger partial charge in [-0.1, -0.05) is 33.1 Å². The van der Waals surface area contributed by atoms with Crippen molar-refractivity contribution >= 4 is 5.97 Å². The van der Waals surface area contributed by atoms with Gasteiger partial charge in [0.1, 0.15) is 5.54 Å². The number of carbonyl (C=O) groups excluding carboxylic acids is 1. The Morgan fingerprint density at radius 1 is 1.36 bits per heavy atom. The van der Waals surface area contributed by atoms with E-state index < -0.39 is 5.54 Å². The van der Waals surface area contributed by atoms with Gasteiger partial charge in [0.05, 0.1) is 7.11 Å². The summed E-state index contributed by atoms with van der Waals surface area (Å²) in [6.45, 7) is 6.86. The second kappa shape index (κ2) is 6.82. The van der Waals surface area contributed by atoms with Crippen LogP contribution in [0.3, 0.4) is 0 Å². The van der Waals surface area contributed by atoms with Gasteiger partial charge in [0.2, 0.25) is 0 Å². The van der Waals surface area contributed by atoms with Crippen LogP contribution >= 0.6 is 0 Å². The van der Waals surface area contributed by atoms with Gasteiger partial charge in [0, 0.05) is 0 Å². The summed E-state index contributed by atoms with van der Waals surface area (Å²) in [5.74, 6) is -0.157. The molecule has 0 saturated carbocycles. The highest BCUT2D eigenvalue weighted by atomic mass is 16.5. The van der Waals surface area contributed by atoms with Crippen LogP contribution in [0, 0.1) is 0 Å². The minimum Gasteiger partial charge on any atom is -0.468 e. The van der Waals surface area contributed by atoms with E-state index in [2.05, 4.69) is 12.2 Å². The maximum atomic E-state index is 11.5. The highest BCUT2D eigenvalue weighted by Crippen LogP contribution is 2.16. The van der Waals surface area contributed by atoms with Gasteiger partial charge in [-0.15, -0.1) is 0 Å². The fourth-order valence-electron chi connectivity index (χ4n) is 1.61. The SMILES string of the molecule is CCCCCC(C)(NCC)C(=O)OC. The smallest absolute Gasteiger partial charge is 0.325 e. The van der Waals surface area contributed by atoms with Crippen molar-refractivity contribution in [3.05, 3.63) is 0 Å². The minimum absolute atomic E-state index is 0.157. The Hall–Kier alpha value is -0.570. The maximum absolute atomic E-state index is 11.5. The Morgan fingerprint density at radius 3 is 2.43 bits per heavy atom. The molecule has 0 fully saturated rings. The number of carbonyl (C=O) groups is 1. The number of likely N-dealkylation sites (N-methyl/N-ethyl adjacent to an activating group) is 1. The molecule has 0 heterocycles. The van der Waals surface area contributed by atoms with Crippen molar-refractivity contribution in [3.63, 3.8) is 0 Å². The third kappa shape index (κ3) is 4.09. The first kappa shape index (κ1) is 13.4. The van der Waals surface area contributed by atoms with E-state index in [1.54, 1.807) is 0 Å². The third-order valence-corrected chi connectivity index (χ3v) is 2.48. The lowest BCUT2D eigenvalue weighted by molar-refractivity contribution is -0.148. The van der Waals surface area contributed by atoms with Gasteiger partial charge in [0.15, 0.2) is 0 Å². The molecule has 84 valence electrons. The summed E-state index contributed by atoms with van der Waals surface area (Å²) in [6.07, 6.45) is 4.25. The second-order valence-electron chi connectivity index (χ2n) is 3.81. The summed E-state index contributed by atoms with van der Waals surface area (Å²) in [5, 5.41) is 3.19. The molecule has 1 atom stereocenters. The number of esters is 1. The molecule has 3 heteroatoms. The summed E-state index contributed by atoms with van der Waals surface area (Å²) in [5.41, 5.74) is -0.501. The van der Waals surface area contributed by atoms with E-state index >= 15 is 0 Å². The fraction of sp³-hybridized carbons (Fsp3) is 0.909. The molecule has 14 heavy (non-hydrogen) atoms. The summed E-state index contributed by atoms with van der Waals surface area (Å²) < 4.78 is 4.80. The normalized spacial score (nSPS) is 14.9. The minimum atomic E-state index is -0.501. The van der Waals surface area contributed by atoms with Crippen LogP contribution in [0.2, 0.25) is 0 Å². The molecular formula is C11H23NO2. The van der Waals surface area contributed by atoms with Crippen LogP contribution in [0.25, 0.3) is 0 Å². The molecule has 0 aliphatic heterocycles. The fourth-order valence-corrected chi connectivity index (χ4v) is 1.61. The summed E-state index contributed by atoms with van der Waals surface area (Å²) >= 11 is 0. The van der Waals surface area contributed by atoms with E-state index in [0.717, 1.165) is 25.8 Å². The zero-order valence-corrected chi connectivity index (χ0v) is 9.85. The Morgan fingerprint density at radius 2 is 2.00 bits per heavy atom. The van der Waals surface area contributed by atoms with Gasteiger partial charge in [-0.05, 0) is 19.9 Å². The molecule has 1 unspecified atom stereocenters. The molecule has 3 nitrogen and oxygen atoms in total. The predicted molar refractivity (Wildman–Crippen MR) is 58.2 cm³/mol. The quantitative estimate of drug-likeness (QED) is 0.506. The second-order valence-corrected chi connectivity index (χ2v) is 3.81. The van der Waals surface area contributed by atoms with Crippen LogP contribution < -0.4 is 5.32 Å². The van der Waals surface area contributed by atoms with Crippen LogP contribution in [0.4, 0.5) is 0 Å².